The van der Waals surface area contributed by atoms with Crippen LogP contribution in [0.15, 0.2) is 73.1 Å². The third-order valence-corrected chi connectivity index (χ3v) is 5.17. The quantitative estimate of drug-likeness (QED) is 0.259. The molecule has 0 amide bonds. The van der Waals surface area contributed by atoms with Crippen LogP contribution >= 0.6 is 0 Å². The molecule has 0 aliphatic rings. The Hall–Kier alpha value is -3.87. The topological polar surface area (TPSA) is 90.9 Å². The standard InChI is InChI=1S/C23H20N4O3/c1-26-12-11-24-23(26)22(28)15-18(16-5-3-2-4-6-16)13-19-8-7-17-14-20(27(29)30)9-10-21(17)25-19/h2-12,14,18H,13,15H2,1H3/t18-/m1/s1. The maximum absolute atomic E-state index is 12.8. The highest BCUT2D eigenvalue weighted by Crippen LogP contribution is 2.27. The van der Waals surface area contributed by atoms with Crippen molar-refractivity contribution in [1.29, 1.82) is 0 Å². The molecule has 0 N–H and O–H groups in total. The second kappa shape index (κ2) is 8.24. The molecule has 4 aromatic rings. The second-order valence-electron chi connectivity index (χ2n) is 7.24. The van der Waals surface area contributed by atoms with Crippen LogP contribution in [-0.2, 0) is 13.5 Å². The first kappa shape index (κ1) is 19.4. The molecule has 0 spiro atoms. The Labute approximate surface area is 173 Å². The second-order valence-corrected chi connectivity index (χ2v) is 7.24. The van der Waals surface area contributed by atoms with Crippen molar-refractivity contribution < 1.29 is 9.72 Å². The molecule has 0 fully saturated rings. The van der Waals surface area contributed by atoms with Crippen LogP contribution < -0.4 is 0 Å². The molecule has 30 heavy (non-hydrogen) atoms. The van der Waals surface area contributed by atoms with Crippen molar-refractivity contribution in [1.82, 2.24) is 14.5 Å². The van der Waals surface area contributed by atoms with Gasteiger partial charge in [-0.05, 0) is 30.0 Å². The minimum Gasteiger partial charge on any atom is -0.332 e. The molecule has 0 saturated carbocycles. The van der Waals surface area contributed by atoms with Crippen LogP contribution in [0.4, 0.5) is 5.69 Å². The maximum Gasteiger partial charge on any atom is 0.270 e. The highest BCUT2D eigenvalue weighted by atomic mass is 16.6. The number of pyridine rings is 1. The van der Waals surface area contributed by atoms with E-state index in [0.29, 0.717) is 29.6 Å². The van der Waals surface area contributed by atoms with Gasteiger partial charge in [-0.3, -0.25) is 19.9 Å². The van der Waals surface area contributed by atoms with Gasteiger partial charge >= 0.3 is 0 Å². The lowest BCUT2D eigenvalue weighted by molar-refractivity contribution is -0.384. The first-order valence-electron chi connectivity index (χ1n) is 9.61. The van der Waals surface area contributed by atoms with Crippen LogP contribution in [0.3, 0.4) is 0 Å². The summed E-state index contributed by atoms with van der Waals surface area (Å²) in [7, 11) is 1.81. The van der Waals surface area contributed by atoms with Gasteiger partial charge in [-0.15, -0.1) is 0 Å². The van der Waals surface area contributed by atoms with Crippen LogP contribution in [0.2, 0.25) is 0 Å². The molecule has 150 valence electrons. The minimum atomic E-state index is -0.415. The number of aryl methyl sites for hydroxylation is 1. The van der Waals surface area contributed by atoms with E-state index in [2.05, 4.69) is 9.97 Å². The number of ketones is 1. The van der Waals surface area contributed by atoms with E-state index in [1.807, 2.05) is 49.5 Å². The number of benzene rings is 2. The summed E-state index contributed by atoms with van der Waals surface area (Å²) in [5.41, 5.74) is 2.63. The summed E-state index contributed by atoms with van der Waals surface area (Å²) in [6.07, 6.45) is 4.27. The molecular formula is C23H20N4O3. The molecule has 7 heteroatoms. The first-order valence-corrected chi connectivity index (χ1v) is 9.61. The molecule has 2 heterocycles. The highest BCUT2D eigenvalue weighted by Gasteiger charge is 2.21. The number of rotatable bonds is 7. The number of non-ortho nitro benzene ring substituents is 1. The molecular weight excluding hydrogens is 380 g/mol. The number of Topliss-reactive ketones (excluding diaryl/α,β-unsaturated/α-hetero) is 1. The van der Waals surface area contributed by atoms with Crippen molar-refractivity contribution >= 4 is 22.4 Å². The number of fused-ring (bicyclic) bond motifs is 1. The van der Waals surface area contributed by atoms with E-state index in [0.717, 1.165) is 11.3 Å². The van der Waals surface area contributed by atoms with Crippen molar-refractivity contribution in [2.24, 2.45) is 7.05 Å². The van der Waals surface area contributed by atoms with Crippen LogP contribution in [0.25, 0.3) is 10.9 Å². The minimum absolute atomic E-state index is 0.0206. The van der Waals surface area contributed by atoms with Gasteiger partial charge in [0, 0.05) is 49.1 Å². The van der Waals surface area contributed by atoms with Gasteiger partial charge in [-0.1, -0.05) is 36.4 Å². The zero-order valence-corrected chi connectivity index (χ0v) is 16.4. The summed E-state index contributed by atoms with van der Waals surface area (Å²) >= 11 is 0. The smallest absolute Gasteiger partial charge is 0.270 e. The van der Waals surface area contributed by atoms with E-state index in [9.17, 15) is 14.9 Å². The van der Waals surface area contributed by atoms with Crippen molar-refractivity contribution in [3.63, 3.8) is 0 Å². The molecule has 1 atom stereocenters. The Balaban J connectivity index is 1.63. The Morgan fingerprint density at radius 2 is 1.93 bits per heavy atom. The SMILES string of the molecule is Cn1ccnc1C(=O)C[C@@H](Cc1ccc2cc([N+](=O)[O-])ccc2n1)c1ccccc1. The zero-order chi connectivity index (χ0) is 21.1. The lowest BCUT2D eigenvalue weighted by atomic mass is 9.89. The summed E-state index contributed by atoms with van der Waals surface area (Å²) in [6, 6.07) is 18.2. The predicted molar refractivity (Wildman–Crippen MR) is 113 cm³/mol. The fraction of sp³-hybridized carbons (Fsp3) is 0.174. The van der Waals surface area contributed by atoms with Gasteiger partial charge in [-0.25, -0.2) is 4.98 Å². The molecule has 0 unspecified atom stereocenters. The number of imidazole rings is 1. The molecule has 7 nitrogen and oxygen atoms in total. The summed E-state index contributed by atoms with van der Waals surface area (Å²) in [4.78, 5) is 32.3. The van der Waals surface area contributed by atoms with E-state index in [1.165, 1.54) is 12.1 Å². The van der Waals surface area contributed by atoms with Crippen LogP contribution in [0, 0.1) is 10.1 Å². The van der Waals surface area contributed by atoms with Gasteiger partial charge in [0.05, 0.1) is 10.4 Å². The normalized spacial score (nSPS) is 12.0. The van der Waals surface area contributed by atoms with Gasteiger partial charge < -0.3 is 4.57 Å². The molecule has 2 aromatic carbocycles. The first-order chi connectivity index (χ1) is 14.5. The molecule has 4 rings (SSSR count). The van der Waals surface area contributed by atoms with Gasteiger partial charge in [0.2, 0.25) is 0 Å². The van der Waals surface area contributed by atoms with E-state index in [4.69, 9.17) is 0 Å². The van der Waals surface area contributed by atoms with E-state index in [1.54, 1.807) is 23.0 Å². The third-order valence-electron chi connectivity index (χ3n) is 5.17. The molecule has 0 aliphatic carbocycles. The number of carbonyl (C=O) groups excluding carboxylic acids is 1. The van der Waals surface area contributed by atoms with Crippen molar-refractivity contribution in [3.8, 4) is 0 Å². The Bertz CT molecular complexity index is 1220. The van der Waals surface area contributed by atoms with Crippen molar-refractivity contribution in [3.05, 3.63) is 100 Å². The molecule has 0 aliphatic heterocycles. The van der Waals surface area contributed by atoms with E-state index >= 15 is 0 Å². The maximum atomic E-state index is 12.8. The molecule has 0 radical (unpaired) electrons. The van der Waals surface area contributed by atoms with E-state index < -0.39 is 4.92 Å². The lowest BCUT2D eigenvalue weighted by Gasteiger charge is -2.17. The number of nitrogens with zero attached hydrogens (tertiary/aromatic N) is 4. The van der Waals surface area contributed by atoms with Crippen LogP contribution in [0.1, 0.15) is 34.2 Å². The fourth-order valence-corrected chi connectivity index (χ4v) is 3.62. The van der Waals surface area contributed by atoms with Crippen LogP contribution in [0.5, 0.6) is 0 Å². The highest BCUT2D eigenvalue weighted by molar-refractivity contribution is 5.93. The molecule has 0 saturated heterocycles. The Morgan fingerprint density at radius 3 is 2.63 bits per heavy atom. The Morgan fingerprint density at radius 1 is 1.13 bits per heavy atom. The van der Waals surface area contributed by atoms with Gasteiger partial charge in [0.25, 0.3) is 5.69 Å². The summed E-state index contributed by atoms with van der Waals surface area (Å²) < 4.78 is 1.73. The number of nitro groups is 1. The van der Waals surface area contributed by atoms with Crippen molar-refractivity contribution in [2.75, 3.05) is 0 Å². The number of aromatic nitrogens is 3. The van der Waals surface area contributed by atoms with Gasteiger partial charge in [0.15, 0.2) is 11.6 Å². The average molecular weight is 400 g/mol. The molecule has 0 bridgehead atoms. The zero-order valence-electron chi connectivity index (χ0n) is 16.4. The number of hydrogen-bond acceptors (Lipinski definition) is 5. The number of hydrogen-bond donors (Lipinski definition) is 0. The summed E-state index contributed by atoms with van der Waals surface area (Å²) in [5.74, 6) is 0.362. The van der Waals surface area contributed by atoms with Gasteiger partial charge in [-0.2, -0.15) is 0 Å². The predicted octanol–water partition coefficient (Wildman–Crippen LogP) is 4.48. The largest absolute Gasteiger partial charge is 0.332 e. The van der Waals surface area contributed by atoms with Crippen LogP contribution in [-0.4, -0.2) is 25.2 Å². The fourth-order valence-electron chi connectivity index (χ4n) is 3.62. The average Bonchev–Trinajstić information content (AvgIpc) is 3.19. The van der Waals surface area contributed by atoms with E-state index in [-0.39, 0.29) is 17.4 Å². The monoisotopic (exact) mass is 400 g/mol. The summed E-state index contributed by atoms with van der Waals surface area (Å²) in [6.45, 7) is 0. The summed E-state index contributed by atoms with van der Waals surface area (Å²) in [5, 5.41) is 11.7. The molecule has 2 aromatic heterocycles. The third kappa shape index (κ3) is 4.10. The number of carbonyl (C=O) groups is 1. The number of nitro benzene ring substituents is 1. The van der Waals surface area contributed by atoms with Crippen molar-refractivity contribution in [2.45, 2.75) is 18.8 Å². The van der Waals surface area contributed by atoms with Gasteiger partial charge in [0.1, 0.15) is 0 Å². The lowest BCUT2D eigenvalue weighted by Crippen LogP contribution is -2.14. The Kier molecular flexibility index (Phi) is 5.34.